The van der Waals surface area contributed by atoms with Gasteiger partial charge in [0.25, 0.3) is 0 Å². The molecule has 0 unspecified atom stereocenters. The number of urea groups is 1. The van der Waals surface area contributed by atoms with Crippen molar-refractivity contribution in [2.24, 2.45) is 5.73 Å². The fourth-order valence-electron chi connectivity index (χ4n) is 2.78. The van der Waals surface area contributed by atoms with Crippen LogP contribution in [0.2, 0.25) is 0 Å². The van der Waals surface area contributed by atoms with Gasteiger partial charge in [-0.2, -0.15) is 0 Å². The van der Waals surface area contributed by atoms with Crippen molar-refractivity contribution in [1.29, 1.82) is 0 Å². The van der Waals surface area contributed by atoms with Gasteiger partial charge in [0.05, 0.1) is 19.0 Å². The highest BCUT2D eigenvalue weighted by Crippen LogP contribution is 2.24. The number of benzene rings is 1. The Morgan fingerprint density at radius 2 is 1.89 bits per heavy atom. The maximum Gasteiger partial charge on any atom is 0.318 e. The van der Waals surface area contributed by atoms with Crippen LogP contribution in [0.3, 0.4) is 0 Å². The highest BCUT2D eigenvalue weighted by atomic mass is 32.2. The number of carbonyl (C=O) groups excluding carboxylic acids is 2. The maximum atomic E-state index is 13.3. The number of hydrogen-bond acceptors (Lipinski definition) is 7. The minimum absolute atomic E-state index is 0.0257. The van der Waals surface area contributed by atoms with Crippen LogP contribution < -0.4 is 11.1 Å². The first-order valence-corrected chi connectivity index (χ1v) is 9.73. The Bertz CT molecular complexity index is 823. The van der Waals surface area contributed by atoms with Crippen LogP contribution in [0.5, 0.6) is 0 Å². The molecule has 9 nitrogen and oxygen atoms in total. The number of amides is 3. The molecule has 2 heterocycles. The number of nitrogens with zero attached hydrogens (tertiary/aromatic N) is 4. The molecular weight excluding hydrogens is 387 g/mol. The molecule has 0 spiro atoms. The van der Waals surface area contributed by atoms with E-state index in [4.69, 9.17) is 10.5 Å². The Balaban J connectivity index is 1.76. The first-order chi connectivity index (χ1) is 13.5. The molecule has 0 radical (unpaired) electrons. The molecule has 1 aromatic carbocycles. The summed E-state index contributed by atoms with van der Waals surface area (Å²) >= 11 is 1.15. The third kappa shape index (κ3) is 5.50. The summed E-state index contributed by atoms with van der Waals surface area (Å²) in [5, 5.41) is 10.9. The number of halogens is 1. The van der Waals surface area contributed by atoms with Crippen molar-refractivity contribution < 1.29 is 18.7 Å². The summed E-state index contributed by atoms with van der Waals surface area (Å²) in [5.41, 5.74) is 5.68. The summed E-state index contributed by atoms with van der Waals surface area (Å²) in [6, 6.07) is 5.11. The molecule has 3 amide bonds. The first kappa shape index (κ1) is 20.2. The maximum absolute atomic E-state index is 13.3. The highest BCUT2D eigenvalue weighted by molar-refractivity contribution is 7.99. The molecule has 1 aromatic heterocycles. The number of nitrogens with one attached hydrogen (secondary N) is 1. The molecule has 1 aliphatic heterocycles. The standard InChI is InChI=1S/C17H21FN6O3S/c18-13-3-1-12(2-4-13)15-21-22-17(28-11-14(25)20-16(19)26)24(15)6-5-23-7-9-27-10-8-23/h1-4H,5-11H2,(H3,19,20,25,26). The van der Waals surface area contributed by atoms with Crippen LogP contribution in [0.1, 0.15) is 0 Å². The zero-order valence-electron chi connectivity index (χ0n) is 15.1. The molecule has 1 aliphatic rings. The lowest BCUT2D eigenvalue weighted by Crippen LogP contribution is -2.38. The largest absolute Gasteiger partial charge is 0.379 e. The fourth-order valence-corrected chi connectivity index (χ4v) is 3.54. The number of morpholine rings is 1. The second kappa shape index (κ2) is 9.62. The van der Waals surface area contributed by atoms with Crippen LogP contribution >= 0.6 is 11.8 Å². The molecule has 150 valence electrons. The first-order valence-electron chi connectivity index (χ1n) is 8.74. The fraction of sp³-hybridized carbons (Fsp3) is 0.412. The van der Waals surface area contributed by atoms with E-state index >= 15 is 0 Å². The zero-order chi connectivity index (χ0) is 19.9. The van der Waals surface area contributed by atoms with Crippen LogP contribution in [-0.4, -0.2) is 70.2 Å². The van der Waals surface area contributed by atoms with Gasteiger partial charge in [0.1, 0.15) is 5.82 Å². The van der Waals surface area contributed by atoms with E-state index in [1.807, 2.05) is 9.88 Å². The second-order valence-electron chi connectivity index (χ2n) is 6.12. The van der Waals surface area contributed by atoms with Crippen molar-refractivity contribution in [1.82, 2.24) is 25.0 Å². The SMILES string of the molecule is NC(=O)NC(=O)CSc1nnc(-c2ccc(F)cc2)n1CCN1CCOCC1. The van der Waals surface area contributed by atoms with Gasteiger partial charge in [0, 0.05) is 31.7 Å². The molecule has 0 aliphatic carbocycles. The molecule has 0 atom stereocenters. The van der Waals surface area contributed by atoms with E-state index in [0.717, 1.165) is 37.0 Å². The third-order valence-electron chi connectivity index (χ3n) is 4.16. The van der Waals surface area contributed by atoms with Crippen molar-refractivity contribution in [3.63, 3.8) is 0 Å². The average Bonchev–Trinajstić information content (AvgIpc) is 3.08. The van der Waals surface area contributed by atoms with Gasteiger partial charge < -0.3 is 15.0 Å². The van der Waals surface area contributed by atoms with Gasteiger partial charge in [-0.05, 0) is 24.3 Å². The molecule has 3 N–H and O–H groups in total. The van der Waals surface area contributed by atoms with Crippen LogP contribution in [0.4, 0.5) is 9.18 Å². The quantitative estimate of drug-likeness (QED) is 0.648. The molecule has 0 saturated carbocycles. The lowest BCUT2D eigenvalue weighted by atomic mass is 10.2. The van der Waals surface area contributed by atoms with Gasteiger partial charge in [-0.3, -0.25) is 15.0 Å². The van der Waals surface area contributed by atoms with Gasteiger partial charge in [0.15, 0.2) is 11.0 Å². The molecule has 28 heavy (non-hydrogen) atoms. The molecular formula is C17H21FN6O3S. The number of carbonyl (C=O) groups is 2. The average molecular weight is 408 g/mol. The molecule has 1 saturated heterocycles. The van der Waals surface area contributed by atoms with E-state index in [2.05, 4.69) is 15.1 Å². The van der Waals surface area contributed by atoms with Gasteiger partial charge in [-0.25, -0.2) is 9.18 Å². The smallest absolute Gasteiger partial charge is 0.318 e. The topological polar surface area (TPSA) is 115 Å². The van der Waals surface area contributed by atoms with Gasteiger partial charge in [-0.1, -0.05) is 11.8 Å². The minimum Gasteiger partial charge on any atom is -0.379 e. The van der Waals surface area contributed by atoms with Crippen LogP contribution in [0.25, 0.3) is 11.4 Å². The summed E-state index contributed by atoms with van der Waals surface area (Å²) in [7, 11) is 0. The van der Waals surface area contributed by atoms with E-state index in [1.54, 1.807) is 12.1 Å². The lowest BCUT2D eigenvalue weighted by Gasteiger charge is -2.27. The predicted molar refractivity (Wildman–Crippen MR) is 101 cm³/mol. The predicted octanol–water partition coefficient (Wildman–Crippen LogP) is 0.703. The molecule has 11 heteroatoms. The Labute approximate surface area is 165 Å². The Kier molecular flexibility index (Phi) is 6.95. The van der Waals surface area contributed by atoms with Crippen molar-refractivity contribution in [3.8, 4) is 11.4 Å². The summed E-state index contributed by atoms with van der Waals surface area (Å²) in [6.45, 7) is 4.44. The van der Waals surface area contributed by atoms with Crippen molar-refractivity contribution >= 4 is 23.7 Å². The summed E-state index contributed by atoms with van der Waals surface area (Å²) in [6.07, 6.45) is 0. The van der Waals surface area contributed by atoms with Crippen molar-refractivity contribution in [2.75, 3.05) is 38.6 Å². The highest BCUT2D eigenvalue weighted by Gasteiger charge is 2.18. The number of thioether (sulfide) groups is 1. The van der Waals surface area contributed by atoms with E-state index in [0.29, 0.717) is 30.7 Å². The lowest BCUT2D eigenvalue weighted by molar-refractivity contribution is -0.117. The summed E-state index contributed by atoms with van der Waals surface area (Å²) < 4.78 is 20.5. The summed E-state index contributed by atoms with van der Waals surface area (Å²) in [4.78, 5) is 24.8. The van der Waals surface area contributed by atoms with E-state index in [9.17, 15) is 14.0 Å². The number of primary amides is 1. The number of imide groups is 1. The van der Waals surface area contributed by atoms with Crippen molar-refractivity contribution in [2.45, 2.75) is 11.7 Å². The number of hydrogen-bond donors (Lipinski definition) is 2. The normalized spacial score (nSPS) is 14.8. The minimum atomic E-state index is -0.897. The molecule has 1 fully saturated rings. The Morgan fingerprint density at radius 3 is 2.57 bits per heavy atom. The molecule has 2 aromatic rings. The summed E-state index contributed by atoms with van der Waals surface area (Å²) in [5.74, 6) is -0.280. The number of ether oxygens (including phenoxy) is 1. The second-order valence-corrected chi connectivity index (χ2v) is 7.06. The number of rotatable bonds is 7. The Hall–Kier alpha value is -2.50. The monoisotopic (exact) mass is 408 g/mol. The number of aromatic nitrogens is 3. The van der Waals surface area contributed by atoms with Crippen LogP contribution in [0.15, 0.2) is 29.4 Å². The van der Waals surface area contributed by atoms with Crippen molar-refractivity contribution in [3.05, 3.63) is 30.1 Å². The van der Waals surface area contributed by atoms with Gasteiger partial charge in [0.2, 0.25) is 5.91 Å². The van der Waals surface area contributed by atoms with Crippen LogP contribution in [0, 0.1) is 5.82 Å². The van der Waals surface area contributed by atoms with Crippen LogP contribution in [-0.2, 0) is 16.1 Å². The third-order valence-corrected chi connectivity index (χ3v) is 5.12. The molecule has 0 bridgehead atoms. The number of nitrogens with two attached hydrogens (primary N) is 1. The van der Waals surface area contributed by atoms with E-state index in [1.165, 1.54) is 12.1 Å². The van der Waals surface area contributed by atoms with Gasteiger partial charge >= 0.3 is 6.03 Å². The Morgan fingerprint density at radius 1 is 1.18 bits per heavy atom. The van der Waals surface area contributed by atoms with E-state index in [-0.39, 0.29) is 11.6 Å². The van der Waals surface area contributed by atoms with E-state index < -0.39 is 11.9 Å². The van der Waals surface area contributed by atoms with Gasteiger partial charge in [-0.15, -0.1) is 10.2 Å². The molecule has 3 rings (SSSR count). The zero-order valence-corrected chi connectivity index (χ0v) is 16.0.